The van der Waals surface area contributed by atoms with E-state index < -0.39 is 15.8 Å². The Labute approximate surface area is 181 Å². The summed E-state index contributed by atoms with van der Waals surface area (Å²) in [5.74, 6) is -0.966. The Morgan fingerprint density at radius 3 is 2.80 bits per heavy atom. The van der Waals surface area contributed by atoms with Crippen LogP contribution in [0.5, 0.6) is 0 Å². The van der Waals surface area contributed by atoms with Crippen molar-refractivity contribution in [2.75, 3.05) is 22.4 Å². The Hall–Kier alpha value is -2.69. The van der Waals surface area contributed by atoms with Crippen molar-refractivity contribution in [3.8, 4) is 11.3 Å². The van der Waals surface area contributed by atoms with Crippen molar-refractivity contribution >= 4 is 50.7 Å². The number of amides is 1. The third kappa shape index (κ3) is 3.73. The van der Waals surface area contributed by atoms with Crippen LogP contribution in [0.25, 0.3) is 11.3 Å². The molecule has 0 unspecified atom stereocenters. The maximum absolute atomic E-state index is 13.2. The lowest BCUT2D eigenvalue weighted by Gasteiger charge is -2.28. The molecule has 0 fully saturated rings. The Kier molecular flexibility index (Phi) is 5.39. The fourth-order valence-corrected chi connectivity index (χ4v) is 5.03. The molecule has 0 radical (unpaired) electrons. The number of rotatable bonds is 4. The molecule has 0 atom stereocenters. The van der Waals surface area contributed by atoms with Crippen LogP contribution in [-0.2, 0) is 14.8 Å². The highest BCUT2D eigenvalue weighted by Gasteiger charge is 2.34. The second-order valence-electron chi connectivity index (χ2n) is 6.32. The topological polar surface area (TPSA) is 92.3 Å². The minimum Gasteiger partial charge on any atom is -0.325 e. The summed E-state index contributed by atoms with van der Waals surface area (Å²) in [6.07, 6.45) is 1.25. The summed E-state index contributed by atoms with van der Waals surface area (Å²) >= 11 is 6.76. The fourth-order valence-electron chi connectivity index (χ4n) is 2.93. The molecule has 30 heavy (non-hydrogen) atoms. The molecular formula is C19H14ClFN4O3S2. The lowest BCUT2D eigenvalue weighted by Crippen LogP contribution is -2.31. The van der Waals surface area contributed by atoms with Gasteiger partial charge in [-0.1, -0.05) is 41.6 Å². The summed E-state index contributed by atoms with van der Waals surface area (Å²) in [6.45, 7) is 0. The van der Waals surface area contributed by atoms with E-state index in [-0.39, 0.29) is 26.7 Å². The molecule has 1 amide bonds. The normalized spacial score (nSPS) is 14.0. The maximum Gasteiger partial charge on any atom is 0.267 e. The first-order valence-corrected chi connectivity index (χ1v) is 11.4. The molecule has 0 saturated carbocycles. The predicted molar refractivity (Wildman–Crippen MR) is 114 cm³/mol. The molecule has 2 aromatic carbocycles. The zero-order valence-corrected chi connectivity index (χ0v) is 17.9. The molecule has 4 rings (SSSR count). The Morgan fingerprint density at radius 1 is 1.27 bits per heavy atom. The second-order valence-corrected chi connectivity index (χ2v) is 9.61. The standard InChI is InChI=1S/C19H14ClFN4O3S2/c1-25-15-5-3-2-4-12(15)18-16(30(25,27)28)9-22-19(24-18)29-10-17(26)23-11-6-7-14(21)13(20)8-11/h2-9H,10H2,1H3,(H,23,26). The molecule has 0 aliphatic carbocycles. The van der Waals surface area contributed by atoms with Crippen molar-refractivity contribution in [3.63, 3.8) is 0 Å². The van der Waals surface area contributed by atoms with E-state index >= 15 is 0 Å². The Balaban J connectivity index is 1.55. The van der Waals surface area contributed by atoms with E-state index in [0.29, 0.717) is 22.6 Å². The molecule has 2 heterocycles. The van der Waals surface area contributed by atoms with Crippen LogP contribution < -0.4 is 9.62 Å². The van der Waals surface area contributed by atoms with Crippen LogP contribution in [0.15, 0.2) is 58.7 Å². The van der Waals surface area contributed by atoms with Crippen LogP contribution in [0, 0.1) is 5.82 Å². The van der Waals surface area contributed by atoms with Crippen molar-refractivity contribution in [1.82, 2.24) is 9.97 Å². The van der Waals surface area contributed by atoms with Crippen molar-refractivity contribution in [1.29, 1.82) is 0 Å². The van der Waals surface area contributed by atoms with Gasteiger partial charge in [0.15, 0.2) is 5.16 Å². The van der Waals surface area contributed by atoms with E-state index in [4.69, 9.17) is 11.6 Å². The molecule has 11 heteroatoms. The minimum absolute atomic E-state index is 0.0125. The van der Waals surface area contributed by atoms with E-state index in [9.17, 15) is 17.6 Å². The fraction of sp³-hybridized carbons (Fsp3) is 0.105. The van der Waals surface area contributed by atoms with Gasteiger partial charge in [-0.3, -0.25) is 9.10 Å². The summed E-state index contributed by atoms with van der Waals surface area (Å²) in [5, 5.41) is 2.77. The number of carbonyl (C=O) groups excluding carboxylic acids is 1. The van der Waals surface area contributed by atoms with E-state index in [1.165, 1.54) is 29.7 Å². The zero-order chi connectivity index (χ0) is 21.5. The third-order valence-electron chi connectivity index (χ3n) is 4.41. The summed E-state index contributed by atoms with van der Waals surface area (Å²) in [7, 11) is -2.28. The highest BCUT2D eigenvalue weighted by atomic mass is 35.5. The van der Waals surface area contributed by atoms with Gasteiger partial charge < -0.3 is 5.32 Å². The van der Waals surface area contributed by atoms with Crippen molar-refractivity contribution < 1.29 is 17.6 Å². The van der Waals surface area contributed by atoms with Gasteiger partial charge in [-0.05, 0) is 24.3 Å². The maximum atomic E-state index is 13.2. The van der Waals surface area contributed by atoms with E-state index in [1.807, 2.05) is 0 Å². The van der Waals surface area contributed by atoms with E-state index in [0.717, 1.165) is 17.8 Å². The van der Waals surface area contributed by atoms with Crippen LogP contribution in [0.3, 0.4) is 0 Å². The SMILES string of the molecule is CN1c2ccccc2-c2nc(SCC(=O)Nc3ccc(F)c(Cl)c3)ncc2S1(=O)=O. The molecule has 3 aromatic rings. The average molecular weight is 465 g/mol. The van der Waals surface area contributed by atoms with Crippen LogP contribution in [0.1, 0.15) is 0 Å². The zero-order valence-electron chi connectivity index (χ0n) is 15.5. The lowest BCUT2D eigenvalue weighted by molar-refractivity contribution is -0.113. The number of nitrogens with one attached hydrogen (secondary N) is 1. The minimum atomic E-state index is -3.75. The van der Waals surface area contributed by atoms with Gasteiger partial charge in [-0.15, -0.1) is 0 Å². The first-order valence-electron chi connectivity index (χ1n) is 8.60. The van der Waals surface area contributed by atoms with Gasteiger partial charge in [0.2, 0.25) is 5.91 Å². The number of nitrogens with zero attached hydrogens (tertiary/aromatic N) is 3. The van der Waals surface area contributed by atoms with Gasteiger partial charge in [0.05, 0.1) is 28.4 Å². The number of halogens is 2. The van der Waals surface area contributed by atoms with Crippen LogP contribution in [0.4, 0.5) is 15.8 Å². The summed E-state index contributed by atoms with van der Waals surface area (Å²) in [4.78, 5) is 20.7. The van der Waals surface area contributed by atoms with Gasteiger partial charge in [-0.25, -0.2) is 22.8 Å². The van der Waals surface area contributed by atoms with E-state index in [2.05, 4.69) is 15.3 Å². The highest BCUT2D eigenvalue weighted by Crippen LogP contribution is 2.41. The molecular weight excluding hydrogens is 451 g/mol. The number of aromatic nitrogens is 2. The number of benzene rings is 2. The molecule has 0 bridgehead atoms. The quantitative estimate of drug-likeness (QED) is 0.466. The van der Waals surface area contributed by atoms with Crippen molar-refractivity contribution in [2.45, 2.75) is 10.1 Å². The molecule has 1 aliphatic rings. The summed E-state index contributed by atoms with van der Waals surface area (Å²) in [6, 6.07) is 10.9. The van der Waals surface area contributed by atoms with Crippen molar-refractivity contribution in [2.24, 2.45) is 0 Å². The number of para-hydroxylation sites is 1. The number of carbonyl (C=O) groups is 1. The number of hydrogen-bond donors (Lipinski definition) is 1. The van der Waals surface area contributed by atoms with Crippen LogP contribution in [0.2, 0.25) is 5.02 Å². The van der Waals surface area contributed by atoms with E-state index in [1.54, 1.807) is 24.3 Å². The largest absolute Gasteiger partial charge is 0.325 e. The molecule has 1 aliphatic heterocycles. The number of hydrogen-bond acceptors (Lipinski definition) is 6. The number of sulfonamides is 1. The molecule has 0 saturated heterocycles. The van der Waals surface area contributed by atoms with Crippen molar-refractivity contribution in [3.05, 3.63) is 59.5 Å². The monoisotopic (exact) mass is 464 g/mol. The lowest BCUT2D eigenvalue weighted by atomic mass is 10.1. The summed E-state index contributed by atoms with van der Waals surface area (Å²) in [5.41, 5.74) is 1.85. The molecule has 154 valence electrons. The van der Waals surface area contributed by atoms with Gasteiger partial charge in [0.25, 0.3) is 10.0 Å². The van der Waals surface area contributed by atoms with Gasteiger partial charge in [0.1, 0.15) is 10.7 Å². The Bertz CT molecular complexity index is 1270. The number of fused-ring (bicyclic) bond motifs is 3. The average Bonchev–Trinajstić information content (AvgIpc) is 2.73. The summed E-state index contributed by atoms with van der Waals surface area (Å²) < 4.78 is 39.9. The third-order valence-corrected chi connectivity index (χ3v) is 7.33. The highest BCUT2D eigenvalue weighted by molar-refractivity contribution is 7.99. The predicted octanol–water partition coefficient (Wildman–Crippen LogP) is 3.81. The number of thioether (sulfide) groups is 1. The Morgan fingerprint density at radius 2 is 2.03 bits per heavy atom. The molecule has 7 nitrogen and oxygen atoms in total. The second kappa shape index (κ2) is 7.86. The molecule has 1 N–H and O–H groups in total. The number of anilines is 2. The van der Waals surface area contributed by atoms with Gasteiger partial charge in [-0.2, -0.15) is 0 Å². The first kappa shape index (κ1) is 20.6. The smallest absolute Gasteiger partial charge is 0.267 e. The first-order chi connectivity index (χ1) is 14.3. The molecule has 1 aromatic heterocycles. The molecule has 0 spiro atoms. The van der Waals surface area contributed by atoms with Gasteiger partial charge >= 0.3 is 0 Å². The van der Waals surface area contributed by atoms with Gasteiger partial charge in [0, 0.05) is 18.3 Å². The van der Waals surface area contributed by atoms with Crippen LogP contribution >= 0.6 is 23.4 Å². The van der Waals surface area contributed by atoms with Crippen LogP contribution in [-0.4, -0.2) is 37.1 Å².